The van der Waals surface area contributed by atoms with Gasteiger partial charge < -0.3 is 34.5 Å². The number of thiophene rings is 1. The second-order valence-corrected chi connectivity index (χ2v) is 15.9. The molecule has 3 aromatic rings. The van der Waals surface area contributed by atoms with Crippen molar-refractivity contribution >= 4 is 51.4 Å². The summed E-state index contributed by atoms with van der Waals surface area (Å²) in [6.45, 7) is 5.73. The number of aliphatic hydroxyl groups excluding tert-OH is 1. The number of likely N-dealkylation sites (tertiary alicyclic amines) is 1. The van der Waals surface area contributed by atoms with Crippen molar-refractivity contribution in [3.8, 4) is 17.6 Å². The Labute approximate surface area is 269 Å². The Hall–Kier alpha value is -3.43. The molecule has 2 aliphatic rings. The third-order valence-corrected chi connectivity index (χ3v) is 10.5. The predicted molar refractivity (Wildman–Crippen MR) is 174 cm³/mol. The summed E-state index contributed by atoms with van der Waals surface area (Å²) in [7, 11) is -2.55. The second-order valence-electron chi connectivity index (χ2n) is 11.7. The highest BCUT2D eigenvalue weighted by Gasteiger charge is 2.32. The van der Waals surface area contributed by atoms with Gasteiger partial charge in [-0.2, -0.15) is 13.2 Å². The quantitative estimate of drug-likeness (QED) is 0.138. The average Bonchev–Trinajstić information content (AvgIpc) is 3.57. The molecule has 46 heavy (non-hydrogen) atoms. The number of alkyl halides is 3. The molecule has 2 saturated heterocycles. The van der Waals surface area contributed by atoms with Crippen molar-refractivity contribution in [2.24, 2.45) is 0 Å². The van der Waals surface area contributed by atoms with Gasteiger partial charge in [-0.25, -0.2) is 4.79 Å². The van der Waals surface area contributed by atoms with Gasteiger partial charge in [-0.15, -0.1) is 11.3 Å². The monoisotopic (exact) mass is 679 g/mol. The normalized spacial score (nSPS) is 17.7. The van der Waals surface area contributed by atoms with E-state index in [0.29, 0.717) is 33.5 Å². The minimum atomic E-state index is -4.41. The largest absolute Gasteiger partial charge is 0.508 e. The van der Waals surface area contributed by atoms with Crippen LogP contribution in [0.3, 0.4) is 0 Å². The molecule has 0 amide bonds. The zero-order chi connectivity index (χ0) is 32.9. The van der Waals surface area contributed by atoms with Gasteiger partial charge in [0.05, 0.1) is 40.5 Å². The minimum absolute atomic E-state index is 0.0482. The van der Waals surface area contributed by atoms with Crippen LogP contribution < -0.4 is 20.7 Å². The zero-order valence-electron chi connectivity index (χ0n) is 25.6. The topological polar surface area (TPSA) is 109 Å². The second kappa shape index (κ2) is 14.6. The maximum absolute atomic E-state index is 13.7. The summed E-state index contributed by atoms with van der Waals surface area (Å²) < 4.78 is 70.0. The Bertz CT molecular complexity index is 1660. The Kier molecular flexibility index (Phi) is 10.7. The number of fused-ring (bicyclic) bond motifs is 1. The Morgan fingerprint density at radius 1 is 1.17 bits per heavy atom. The van der Waals surface area contributed by atoms with Crippen molar-refractivity contribution in [1.82, 2.24) is 4.90 Å². The lowest BCUT2D eigenvalue weighted by molar-refractivity contribution is -0.126. The summed E-state index contributed by atoms with van der Waals surface area (Å²) in [6.07, 6.45) is -4.73. The highest BCUT2D eigenvalue weighted by atomic mass is 32.1. The molecule has 0 spiro atoms. The number of hydrogen-bond acceptors (Lipinski definition) is 10. The average molecular weight is 680 g/mol. The number of nitrogens with one attached hydrogen (secondary N) is 2. The van der Waals surface area contributed by atoms with Gasteiger partial charge in [-0.3, -0.25) is 4.90 Å². The number of carbonyl (C=O) groups excluding carboxylic acids is 1. The van der Waals surface area contributed by atoms with Crippen molar-refractivity contribution in [2.45, 2.75) is 37.6 Å². The highest BCUT2D eigenvalue weighted by molar-refractivity contribution is 7.70. The summed E-state index contributed by atoms with van der Waals surface area (Å²) in [5, 5.41) is 17.0. The van der Waals surface area contributed by atoms with Crippen molar-refractivity contribution in [1.29, 1.82) is 0 Å². The number of nitrogens with zero attached hydrogens (tertiary/aromatic N) is 1. The molecule has 9 nitrogen and oxygen atoms in total. The minimum Gasteiger partial charge on any atom is -0.489 e. The number of benzene rings is 2. The number of carbonyl (C=O) groups is 1. The van der Waals surface area contributed by atoms with Gasteiger partial charge in [0, 0.05) is 31.0 Å². The maximum atomic E-state index is 13.7. The molecular weight excluding hydrogens is 642 g/mol. The molecule has 1 aromatic heterocycles. The first-order chi connectivity index (χ1) is 21.9. The van der Waals surface area contributed by atoms with Gasteiger partial charge in [0.25, 0.3) is 0 Å². The van der Waals surface area contributed by atoms with Gasteiger partial charge in [0.15, 0.2) is 6.10 Å². The fraction of sp³-hybridized carbons (Fsp3) is 0.469. The molecule has 1 unspecified atom stereocenters. The van der Waals surface area contributed by atoms with E-state index >= 15 is 0 Å². The van der Waals surface area contributed by atoms with Crippen LogP contribution in [0.25, 0.3) is 10.1 Å². The molecule has 1 atom stereocenters. The van der Waals surface area contributed by atoms with E-state index in [1.807, 2.05) is 6.07 Å². The third kappa shape index (κ3) is 8.88. The first-order valence-corrected chi connectivity index (χ1v) is 18.4. The van der Waals surface area contributed by atoms with Crippen LogP contribution in [0.15, 0.2) is 36.4 Å². The Morgan fingerprint density at radius 3 is 2.63 bits per heavy atom. The number of piperidine rings is 1. The maximum Gasteiger partial charge on any atom is 0.508 e. The molecule has 0 bridgehead atoms. The Balaban J connectivity index is 1.30. The van der Waals surface area contributed by atoms with E-state index in [9.17, 15) is 27.6 Å². The van der Waals surface area contributed by atoms with Gasteiger partial charge in [0.2, 0.25) is 0 Å². The van der Waals surface area contributed by atoms with Crippen molar-refractivity contribution < 1.29 is 41.8 Å². The molecule has 5 rings (SSSR count). The van der Waals surface area contributed by atoms with Crippen LogP contribution in [0.4, 0.5) is 29.3 Å². The fourth-order valence-electron chi connectivity index (χ4n) is 5.51. The Morgan fingerprint density at radius 2 is 1.96 bits per heavy atom. The van der Waals surface area contributed by atoms with E-state index in [1.165, 1.54) is 11.3 Å². The predicted octanol–water partition coefficient (Wildman–Crippen LogP) is 5.50. The molecule has 14 heteroatoms. The van der Waals surface area contributed by atoms with Crippen LogP contribution in [0.2, 0.25) is 0 Å². The van der Waals surface area contributed by atoms with E-state index in [0.717, 1.165) is 36.3 Å². The number of aliphatic hydroxyl groups is 1. The first kappa shape index (κ1) is 33.9. The van der Waals surface area contributed by atoms with Gasteiger partial charge in [0.1, 0.15) is 26.1 Å². The smallest absolute Gasteiger partial charge is 0.489 e. The lowest BCUT2D eigenvalue weighted by Crippen LogP contribution is -2.43. The molecular formula is C32H37F3N3O6PS. The number of cyclic esters (lactones) is 2. The van der Waals surface area contributed by atoms with E-state index in [-0.39, 0.29) is 44.1 Å². The van der Waals surface area contributed by atoms with Gasteiger partial charge in [-0.1, -0.05) is 24.0 Å². The fourth-order valence-corrected chi connectivity index (χ4v) is 7.55. The summed E-state index contributed by atoms with van der Waals surface area (Å²) in [5.41, 5.74) is 1.51. The first-order valence-electron chi connectivity index (χ1n) is 15.0. The van der Waals surface area contributed by atoms with E-state index in [2.05, 4.69) is 27.4 Å². The van der Waals surface area contributed by atoms with Crippen LogP contribution in [0, 0.1) is 11.8 Å². The summed E-state index contributed by atoms with van der Waals surface area (Å²) in [5.74, 6) is 6.34. The number of hydrogen-bond donors (Lipinski definition) is 3. The van der Waals surface area contributed by atoms with Gasteiger partial charge in [-0.05, 0) is 61.4 Å². The van der Waals surface area contributed by atoms with Crippen molar-refractivity contribution in [3.63, 3.8) is 0 Å². The highest BCUT2D eigenvalue weighted by Crippen LogP contribution is 2.40. The molecule has 0 aliphatic carbocycles. The summed E-state index contributed by atoms with van der Waals surface area (Å²) >= 11 is 1.25. The number of rotatable bonds is 11. The molecule has 2 aromatic carbocycles. The van der Waals surface area contributed by atoms with E-state index in [4.69, 9.17) is 14.2 Å². The van der Waals surface area contributed by atoms with Crippen molar-refractivity contribution in [3.05, 3.63) is 46.8 Å². The number of ether oxygens (including phenoxy) is 3. The number of anilines is 2. The standard InChI is InChI=1S/C32H37F3N3O6PS/c1-45(2,41)23-8-9-26(28(17-23)42-16-15-39)36-12-4-7-29-25(18-32(33,34)35)24-5-3-6-27(30(24)46-29)37-21-10-13-38(14-11-21)19-22-20-43-31(40)44-22/h3,5-6,8-9,17,21-22,36-37,39H,10-16,18-20H2,1-2H3. The van der Waals surface area contributed by atoms with Crippen LogP contribution in [0.5, 0.6) is 5.75 Å². The van der Waals surface area contributed by atoms with Gasteiger partial charge >= 0.3 is 12.3 Å². The zero-order valence-corrected chi connectivity index (χ0v) is 27.3. The van der Waals surface area contributed by atoms with Crippen LogP contribution >= 0.6 is 18.5 Å². The third-order valence-electron chi connectivity index (χ3n) is 7.76. The van der Waals surface area contributed by atoms with Crippen molar-refractivity contribution in [2.75, 3.05) is 70.0 Å². The summed E-state index contributed by atoms with van der Waals surface area (Å²) in [6, 6.07) is 10.6. The lowest BCUT2D eigenvalue weighted by atomic mass is 10.0. The SMILES string of the molecule is CP(C)(=O)c1ccc(NCC#Cc2sc3c(NC4CCN(CC5COC(=O)O5)CC4)cccc3c2CC(F)(F)F)c(OCCO)c1. The molecule has 2 aliphatic heterocycles. The number of halogens is 3. The van der Waals surface area contributed by atoms with Crippen LogP contribution in [-0.4, -0.2) is 93.8 Å². The molecule has 3 N–H and O–H groups in total. The molecule has 0 radical (unpaired) electrons. The molecule has 3 heterocycles. The molecule has 2 fully saturated rings. The molecule has 248 valence electrons. The van der Waals surface area contributed by atoms with E-state index < -0.39 is 25.9 Å². The van der Waals surface area contributed by atoms with Crippen LogP contribution in [0.1, 0.15) is 23.3 Å². The molecule has 0 saturated carbocycles. The van der Waals surface area contributed by atoms with Crippen LogP contribution in [-0.2, 0) is 20.5 Å². The lowest BCUT2D eigenvalue weighted by Gasteiger charge is -2.33. The van der Waals surface area contributed by atoms with E-state index in [1.54, 1.807) is 43.7 Å². The summed E-state index contributed by atoms with van der Waals surface area (Å²) in [4.78, 5) is 13.8.